The van der Waals surface area contributed by atoms with Crippen LogP contribution in [0.2, 0.25) is 5.02 Å². The number of halogens is 4. The molecule has 0 heterocycles. The molecule has 0 nitrogen and oxygen atoms in total. The topological polar surface area (TPSA) is 0 Å². The fourth-order valence-electron chi connectivity index (χ4n) is 2.24. The Morgan fingerprint density at radius 1 is 1.00 bits per heavy atom. The molecule has 2 aromatic rings. The van der Waals surface area contributed by atoms with Gasteiger partial charge in [0.1, 0.15) is 5.82 Å². The zero-order chi connectivity index (χ0) is 14.6. The molecule has 0 atom stereocenters. The van der Waals surface area contributed by atoms with Crippen LogP contribution in [0.25, 0.3) is 0 Å². The maximum absolute atomic E-state index is 13.4. The number of rotatable bonds is 5. The van der Waals surface area contributed by atoms with Gasteiger partial charge >= 0.3 is 0 Å². The molecule has 106 valence electrons. The average Bonchev–Trinajstić information content (AvgIpc) is 2.45. The molecule has 0 N–H and O–H groups in total. The average molecular weight is 421 g/mol. The van der Waals surface area contributed by atoms with Gasteiger partial charge in [-0.1, -0.05) is 67.7 Å². The van der Waals surface area contributed by atoms with Crippen LogP contribution < -0.4 is 0 Å². The molecule has 0 saturated carbocycles. The summed E-state index contributed by atoms with van der Waals surface area (Å²) in [5.41, 5.74) is 1.96. The van der Waals surface area contributed by atoms with Gasteiger partial charge in [-0.3, -0.25) is 0 Å². The van der Waals surface area contributed by atoms with Gasteiger partial charge in [0.25, 0.3) is 0 Å². The van der Waals surface area contributed by atoms with Crippen molar-refractivity contribution < 1.29 is 4.39 Å². The molecule has 0 aliphatic rings. The van der Waals surface area contributed by atoms with Gasteiger partial charge in [-0.05, 0) is 41.8 Å². The predicted molar refractivity (Wildman–Crippen MR) is 90.8 cm³/mol. The molecule has 2 aromatic carbocycles. The molecule has 0 unspecified atom stereocenters. The van der Waals surface area contributed by atoms with E-state index in [1.165, 1.54) is 6.07 Å². The largest absolute Gasteiger partial charge is 0.207 e. The zero-order valence-corrected chi connectivity index (χ0v) is 14.7. The second-order valence-electron chi connectivity index (χ2n) is 4.86. The minimum Gasteiger partial charge on any atom is -0.207 e. The Balaban J connectivity index is 2.39. The molecule has 0 aliphatic heterocycles. The Hall–Kier alpha value is -0.380. The highest BCUT2D eigenvalue weighted by Gasteiger charge is 2.30. The van der Waals surface area contributed by atoms with E-state index in [1.807, 2.05) is 24.3 Å². The molecular formula is C16H14Br2ClF. The summed E-state index contributed by atoms with van der Waals surface area (Å²) in [7, 11) is 0. The van der Waals surface area contributed by atoms with Crippen LogP contribution >= 0.6 is 43.5 Å². The van der Waals surface area contributed by atoms with Crippen LogP contribution in [0.4, 0.5) is 4.39 Å². The summed E-state index contributed by atoms with van der Waals surface area (Å²) in [6.07, 6.45) is 0.738. The van der Waals surface area contributed by atoms with E-state index in [2.05, 4.69) is 37.9 Å². The van der Waals surface area contributed by atoms with Gasteiger partial charge in [-0.2, -0.15) is 0 Å². The van der Waals surface area contributed by atoms with E-state index >= 15 is 0 Å². The lowest BCUT2D eigenvalue weighted by molar-refractivity contribution is 0.547. The first-order chi connectivity index (χ1) is 9.59. The van der Waals surface area contributed by atoms with Crippen molar-refractivity contribution in [2.45, 2.75) is 11.8 Å². The van der Waals surface area contributed by atoms with Crippen molar-refractivity contribution in [3.8, 4) is 0 Å². The van der Waals surface area contributed by atoms with Gasteiger partial charge in [0.2, 0.25) is 0 Å². The summed E-state index contributed by atoms with van der Waals surface area (Å²) in [5.74, 6) is -0.202. The summed E-state index contributed by atoms with van der Waals surface area (Å²) in [6.45, 7) is 0. The molecule has 0 aromatic heterocycles. The quantitative estimate of drug-likeness (QED) is 0.541. The van der Waals surface area contributed by atoms with Crippen molar-refractivity contribution in [2.24, 2.45) is 0 Å². The summed E-state index contributed by atoms with van der Waals surface area (Å²) < 4.78 is 13.4. The van der Waals surface area contributed by atoms with Crippen LogP contribution in [-0.2, 0) is 11.8 Å². The first-order valence-electron chi connectivity index (χ1n) is 6.22. The Morgan fingerprint density at radius 3 is 2.30 bits per heavy atom. The highest BCUT2D eigenvalue weighted by atomic mass is 79.9. The molecule has 0 bridgehead atoms. The Bertz CT molecular complexity index is 582. The number of hydrogen-bond donors (Lipinski definition) is 0. The fraction of sp³-hybridized carbons (Fsp3) is 0.250. The Kier molecular flexibility index (Phi) is 5.65. The molecule has 4 heteroatoms. The van der Waals surface area contributed by atoms with E-state index in [-0.39, 0.29) is 11.2 Å². The first-order valence-corrected chi connectivity index (χ1v) is 8.84. The Labute approximate surface area is 140 Å². The van der Waals surface area contributed by atoms with E-state index < -0.39 is 0 Å². The highest BCUT2D eigenvalue weighted by Crippen LogP contribution is 2.34. The molecule has 0 spiro atoms. The van der Waals surface area contributed by atoms with Gasteiger partial charge in [0.05, 0.1) is 0 Å². The molecule has 0 aliphatic carbocycles. The van der Waals surface area contributed by atoms with E-state index in [0.717, 1.165) is 28.2 Å². The van der Waals surface area contributed by atoms with Crippen LogP contribution in [0.3, 0.4) is 0 Å². The van der Waals surface area contributed by atoms with Gasteiger partial charge in [-0.15, -0.1) is 0 Å². The molecule has 0 fully saturated rings. The molecule has 0 amide bonds. The van der Waals surface area contributed by atoms with Crippen LogP contribution in [0.15, 0.2) is 48.5 Å². The molecule has 0 radical (unpaired) electrons. The number of alkyl halides is 2. The molecule has 20 heavy (non-hydrogen) atoms. The maximum Gasteiger partial charge on any atom is 0.123 e. The minimum absolute atomic E-state index is 0.154. The van der Waals surface area contributed by atoms with Crippen molar-refractivity contribution in [2.75, 3.05) is 10.7 Å². The second-order valence-corrected chi connectivity index (χ2v) is 6.42. The van der Waals surface area contributed by atoms with Gasteiger partial charge < -0.3 is 0 Å². The number of hydrogen-bond acceptors (Lipinski definition) is 0. The monoisotopic (exact) mass is 418 g/mol. The van der Waals surface area contributed by atoms with Crippen molar-refractivity contribution in [3.63, 3.8) is 0 Å². The lowest BCUT2D eigenvalue weighted by atomic mass is 9.79. The third-order valence-electron chi connectivity index (χ3n) is 3.38. The fourth-order valence-corrected chi connectivity index (χ4v) is 4.41. The van der Waals surface area contributed by atoms with Gasteiger partial charge in [0.15, 0.2) is 0 Å². The summed E-state index contributed by atoms with van der Waals surface area (Å²) in [4.78, 5) is 0. The second kappa shape index (κ2) is 7.06. The van der Waals surface area contributed by atoms with E-state index in [1.54, 1.807) is 12.1 Å². The maximum atomic E-state index is 13.4. The van der Waals surface area contributed by atoms with Crippen molar-refractivity contribution in [3.05, 3.63) is 70.5 Å². The SMILES string of the molecule is Fc1cccc(CC(CBr)(CBr)c2cccc(Cl)c2)c1. The van der Waals surface area contributed by atoms with Gasteiger partial charge in [0, 0.05) is 21.1 Å². The van der Waals surface area contributed by atoms with Crippen molar-refractivity contribution in [1.29, 1.82) is 0 Å². The first kappa shape index (κ1) is 16.0. The third-order valence-corrected chi connectivity index (χ3v) is 5.76. The predicted octanol–water partition coefficient (Wildman–Crippen LogP) is 5.75. The highest BCUT2D eigenvalue weighted by molar-refractivity contribution is 9.09. The van der Waals surface area contributed by atoms with Crippen LogP contribution in [0.1, 0.15) is 11.1 Å². The van der Waals surface area contributed by atoms with Gasteiger partial charge in [-0.25, -0.2) is 4.39 Å². The zero-order valence-electron chi connectivity index (χ0n) is 10.8. The lowest BCUT2D eigenvalue weighted by Gasteiger charge is -2.31. The summed E-state index contributed by atoms with van der Waals surface area (Å²) in [5, 5.41) is 2.25. The third kappa shape index (κ3) is 3.63. The minimum atomic E-state index is -0.202. The van der Waals surface area contributed by atoms with E-state index in [4.69, 9.17) is 11.6 Å². The van der Waals surface area contributed by atoms with Crippen LogP contribution in [0, 0.1) is 5.82 Å². The standard InChI is InChI=1S/C16H14Br2ClF/c17-10-16(11-18,13-4-2-5-14(19)8-13)9-12-3-1-6-15(20)7-12/h1-8H,9-11H2. The van der Waals surface area contributed by atoms with E-state index in [0.29, 0.717) is 5.02 Å². The van der Waals surface area contributed by atoms with Crippen LogP contribution in [0.5, 0.6) is 0 Å². The molecular weight excluding hydrogens is 406 g/mol. The smallest absolute Gasteiger partial charge is 0.123 e. The molecule has 0 saturated heterocycles. The summed E-state index contributed by atoms with van der Waals surface area (Å²) >= 11 is 13.3. The Morgan fingerprint density at radius 2 is 1.70 bits per heavy atom. The van der Waals surface area contributed by atoms with Crippen LogP contribution in [-0.4, -0.2) is 10.7 Å². The molecule has 2 rings (SSSR count). The lowest BCUT2D eigenvalue weighted by Crippen LogP contribution is -2.33. The van der Waals surface area contributed by atoms with E-state index in [9.17, 15) is 4.39 Å². The van der Waals surface area contributed by atoms with Crippen molar-refractivity contribution in [1.82, 2.24) is 0 Å². The number of benzene rings is 2. The normalized spacial score (nSPS) is 11.6. The van der Waals surface area contributed by atoms with Crippen molar-refractivity contribution >= 4 is 43.5 Å². The summed E-state index contributed by atoms with van der Waals surface area (Å²) in [6, 6.07) is 14.6.